The van der Waals surface area contributed by atoms with Crippen molar-refractivity contribution in [2.45, 2.75) is 19.4 Å². The Labute approximate surface area is 203 Å². The Morgan fingerprint density at radius 1 is 1.26 bits per heavy atom. The number of halogens is 1. The molecule has 1 aromatic carbocycles. The molecule has 34 heavy (non-hydrogen) atoms. The summed E-state index contributed by atoms with van der Waals surface area (Å²) < 4.78 is 5.40. The van der Waals surface area contributed by atoms with Gasteiger partial charge in [-0.05, 0) is 37.6 Å². The molecule has 0 aliphatic carbocycles. The summed E-state index contributed by atoms with van der Waals surface area (Å²) in [4.78, 5) is 27.6. The molecule has 0 bridgehead atoms. The average Bonchev–Trinajstić information content (AvgIpc) is 3.37. The van der Waals surface area contributed by atoms with Gasteiger partial charge in [-0.25, -0.2) is 15.0 Å². The highest BCUT2D eigenvalue weighted by Gasteiger charge is 2.26. The van der Waals surface area contributed by atoms with E-state index in [-0.39, 0.29) is 17.9 Å². The van der Waals surface area contributed by atoms with Crippen molar-refractivity contribution in [1.82, 2.24) is 19.9 Å². The van der Waals surface area contributed by atoms with Gasteiger partial charge in [0.2, 0.25) is 5.95 Å². The monoisotopic (exact) mass is 476 g/mol. The number of nitrogens with two attached hydrogens (primary N) is 1. The Hall–Kier alpha value is -3.67. The number of amides is 1. The van der Waals surface area contributed by atoms with E-state index in [1.54, 1.807) is 43.4 Å². The molecule has 1 atom stereocenters. The zero-order valence-electron chi connectivity index (χ0n) is 19.2. The third-order valence-electron chi connectivity index (χ3n) is 5.71. The first-order valence-corrected chi connectivity index (χ1v) is 11.2. The van der Waals surface area contributed by atoms with E-state index in [4.69, 9.17) is 22.1 Å². The lowest BCUT2D eigenvalue weighted by Gasteiger charge is -2.23. The predicted octanol–water partition coefficient (Wildman–Crippen LogP) is 3.39. The van der Waals surface area contributed by atoms with Crippen LogP contribution in [-0.2, 0) is 4.74 Å². The van der Waals surface area contributed by atoms with Crippen LogP contribution in [0.4, 0.5) is 11.8 Å². The molecule has 1 amide bonds. The van der Waals surface area contributed by atoms with Crippen LogP contribution < -0.4 is 11.1 Å². The number of likely N-dealkylation sites (N-methyl/N-ethyl adjacent to an activating group) is 1. The van der Waals surface area contributed by atoms with Gasteiger partial charge < -0.3 is 20.7 Å². The van der Waals surface area contributed by atoms with Gasteiger partial charge in [-0.3, -0.25) is 4.79 Å². The van der Waals surface area contributed by atoms with Crippen LogP contribution in [0.1, 0.15) is 33.6 Å². The van der Waals surface area contributed by atoms with Crippen molar-refractivity contribution in [3.63, 3.8) is 0 Å². The summed E-state index contributed by atoms with van der Waals surface area (Å²) in [6.45, 7) is 3.02. The quantitative estimate of drug-likeness (QED) is 0.556. The van der Waals surface area contributed by atoms with Crippen molar-refractivity contribution in [1.29, 1.82) is 0 Å². The number of rotatable bonds is 4. The molecule has 2 aromatic heterocycles. The molecule has 9 heteroatoms. The second-order valence-corrected chi connectivity index (χ2v) is 8.36. The minimum Gasteiger partial charge on any atom is -0.379 e. The van der Waals surface area contributed by atoms with Crippen molar-refractivity contribution in [2.24, 2.45) is 0 Å². The highest BCUT2D eigenvalue weighted by Crippen LogP contribution is 2.29. The molecule has 3 N–H and O–H groups in total. The number of nitrogen functional groups attached to an aromatic ring is 1. The van der Waals surface area contributed by atoms with E-state index in [0.717, 1.165) is 17.8 Å². The van der Waals surface area contributed by atoms with Gasteiger partial charge in [-0.1, -0.05) is 29.5 Å². The molecule has 0 radical (unpaired) electrons. The predicted molar refractivity (Wildman–Crippen MR) is 133 cm³/mol. The van der Waals surface area contributed by atoms with Crippen LogP contribution in [-0.4, -0.2) is 59.1 Å². The van der Waals surface area contributed by atoms with Crippen molar-refractivity contribution in [3.8, 4) is 23.1 Å². The number of nitrogens with zero attached hydrogens (tertiary/aromatic N) is 4. The van der Waals surface area contributed by atoms with E-state index < -0.39 is 0 Å². The first kappa shape index (κ1) is 23.5. The third-order valence-corrected chi connectivity index (χ3v) is 6.02. The lowest BCUT2D eigenvalue weighted by atomic mass is 10.0. The SMILES string of the molecule is CNc1ccc(C#Cc2c(C)nc(N)nc2-c2ccc(C(=O)N(C)C3CCOC3)c(Cl)c2)cn1. The smallest absolute Gasteiger partial charge is 0.255 e. The molecule has 3 aromatic rings. The molecule has 1 aliphatic rings. The van der Waals surface area contributed by atoms with Crippen molar-refractivity contribution in [2.75, 3.05) is 38.4 Å². The second kappa shape index (κ2) is 10.1. The molecule has 1 unspecified atom stereocenters. The molecule has 174 valence electrons. The molecular weight excluding hydrogens is 452 g/mol. The summed E-state index contributed by atoms with van der Waals surface area (Å²) in [6.07, 6.45) is 2.50. The van der Waals surface area contributed by atoms with Gasteiger partial charge in [0.25, 0.3) is 5.91 Å². The number of hydrogen-bond acceptors (Lipinski definition) is 7. The van der Waals surface area contributed by atoms with Crippen molar-refractivity contribution >= 4 is 29.3 Å². The Kier molecular flexibility index (Phi) is 6.96. The second-order valence-electron chi connectivity index (χ2n) is 7.95. The number of hydrogen-bond donors (Lipinski definition) is 2. The summed E-state index contributed by atoms with van der Waals surface area (Å²) >= 11 is 6.55. The van der Waals surface area contributed by atoms with Crippen LogP contribution in [0, 0.1) is 18.8 Å². The van der Waals surface area contributed by atoms with Crippen molar-refractivity contribution in [3.05, 3.63) is 63.9 Å². The van der Waals surface area contributed by atoms with Crippen LogP contribution >= 0.6 is 11.6 Å². The molecule has 8 nitrogen and oxygen atoms in total. The summed E-state index contributed by atoms with van der Waals surface area (Å²) in [7, 11) is 3.58. The van der Waals surface area contributed by atoms with Gasteiger partial charge >= 0.3 is 0 Å². The minimum absolute atomic E-state index is 0.0473. The summed E-state index contributed by atoms with van der Waals surface area (Å²) in [5.41, 5.74) is 9.62. The molecule has 4 rings (SSSR count). The maximum atomic E-state index is 13.0. The minimum atomic E-state index is -0.150. The van der Waals surface area contributed by atoms with E-state index in [0.29, 0.717) is 46.3 Å². The molecule has 0 spiro atoms. The Balaban J connectivity index is 1.68. The van der Waals surface area contributed by atoms with Gasteiger partial charge in [0, 0.05) is 38.0 Å². The number of nitrogens with one attached hydrogen (secondary N) is 1. The number of aryl methyl sites for hydroxylation is 1. The fourth-order valence-electron chi connectivity index (χ4n) is 3.72. The largest absolute Gasteiger partial charge is 0.379 e. The summed E-state index contributed by atoms with van der Waals surface area (Å²) in [5.74, 6) is 7.00. The Morgan fingerprint density at radius 3 is 2.74 bits per heavy atom. The van der Waals surface area contributed by atoms with Gasteiger partial charge in [0.05, 0.1) is 40.2 Å². The lowest BCUT2D eigenvalue weighted by Crippen LogP contribution is -2.37. The molecule has 1 saturated heterocycles. The number of ether oxygens (including phenoxy) is 1. The van der Waals surface area contributed by atoms with Crippen molar-refractivity contribution < 1.29 is 9.53 Å². The Morgan fingerprint density at radius 2 is 2.09 bits per heavy atom. The van der Waals surface area contributed by atoms with Gasteiger partial charge in [-0.15, -0.1) is 0 Å². The zero-order valence-corrected chi connectivity index (χ0v) is 20.0. The summed E-state index contributed by atoms with van der Waals surface area (Å²) in [5, 5.41) is 3.30. The van der Waals surface area contributed by atoms with Gasteiger partial charge in [0.15, 0.2) is 0 Å². The fourth-order valence-corrected chi connectivity index (χ4v) is 3.98. The number of carbonyl (C=O) groups excluding carboxylic acids is 1. The first-order chi connectivity index (χ1) is 16.4. The maximum Gasteiger partial charge on any atom is 0.255 e. The molecular formula is C25H25ClN6O2. The topological polar surface area (TPSA) is 106 Å². The highest BCUT2D eigenvalue weighted by atomic mass is 35.5. The van der Waals surface area contributed by atoms with Gasteiger partial charge in [0.1, 0.15) is 5.82 Å². The van der Waals surface area contributed by atoms with E-state index in [1.807, 2.05) is 19.1 Å². The van der Waals surface area contributed by atoms with Crippen LogP contribution in [0.15, 0.2) is 36.5 Å². The van der Waals surface area contributed by atoms with Crippen LogP contribution in [0.25, 0.3) is 11.3 Å². The maximum absolute atomic E-state index is 13.0. The third kappa shape index (κ3) is 4.96. The number of benzene rings is 1. The summed E-state index contributed by atoms with van der Waals surface area (Å²) in [6, 6.07) is 8.99. The molecule has 3 heterocycles. The molecule has 0 saturated carbocycles. The van der Waals surface area contributed by atoms with Crippen LogP contribution in [0.3, 0.4) is 0 Å². The standard InChI is InChI=1S/C25H25ClN6O2/c1-15-19(7-4-16-5-9-22(28-2)29-13-16)23(31-25(27)30-15)17-6-8-20(21(26)12-17)24(33)32(3)18-10-11-34-14-18/h5-6,8-9,12-13,18H,10-11,14H2,1-3H3,(H,28,29)(H2,27,30,31). The number of aromatic nitrogens is 3. The molecule has 1 aliphatic heterocycles. The molecule has 1 fully saturated rings. The fraction of sp³-hybridized carbons (Fsp3) is 0.280. The van der Waals surface area contributed by atoms with E-state index in [9.17, 15) is 4.79 Å². The van der Waals surface area contributed by atoms with E-state index in [2.05, 4.69) is 32.1 Å². The van der Waals surface area contributed by atoms with E-state index >= 15 is 0 Å². The first-order valence-electron chi connectivity index (χ1n) is 10.8. The number of pyridine rings is 1. The average molecular weight is 477 g/mol. The lowest BCUT2D eigenvalue weighted by molar-refractivity contribution is 0.0711. The van der Waals surface area contributed by atoms with E-state index in [1.165, 1.54) is 0 Å². The normalized spacial score (nSPS) is 14.9. The zero-order chi connectivity index (χ0) is 24.2. The Bertz CT molecular complexity index is 1280. The van der Waals surface area contributed by atoms with Crippen LogP contribution in [0.2, 0.25) is 5.02 Å². The van der Waals surface area contributed by atoms with Crippen LogP contribution in [0.5, 0.6) is 0 Å². The highest BCUT2D eigenvalue weighted by molar-refractivity contribution is 6.34. The van der Waals surface area contributed by atoms with Gasteiger partial charge in [-0.2, -0.15) is 0 Å². The number of carbonyl (C=O) groups is 1. The number of anilines is 2.